The molecule has 1 fully saturated rings. The van der Waals surface area contributed by atoms with E-state index < -0.39 is 29.4 Å². The number of phenolic OH excluding ortho intramolecular Hbond substituents is 2. The molecule has 2 aromatic carbocycles. The number of benzene rings is 2. The summed E-state index contributed by atoms with van der Waals surface area (Å²) in [7, 11) is 0. The number of ketones is 2. The van der Waals surface area contributed by atoms with Gasteiger partial charge >= 0.3 is 5.97 Å². The van der Waals surface area contributed by atoms with Crippen molar-refractivity contribution in [3.8, 4) is 11.5 Å². The smallest absolute Gasteiger partial charge is 0.306 e. The summed E-state index contributed by atoms with van der Waals surface area (Å²) >= 11 is 9.95. The lowest BCUT2D eigenvalue weighted by Gasteiger charge is -2.28. The van der Waals surface area contributed by atoms with E-state index in [1.165, 1.54) is 17.7 Å². The highest BCUT2D eigenvalue weighted by atomic mass is 35.5. The van der Waals surface area contributed by atoms with Gasteiger partial charge in [-0.05, 0) is 74.8 Å². The molecule has 212 valence electrons. The second kappa shape index (κ2) is 13.8. The van der Waals surface area contributed by atoms with Gasteiger partial charge in [-0.15, -0.1) is 23.5 Å². The van der Waals surface area contributed by atoms with Crippen molar-refractivity contribution in [1.29, 1.82) is 0 Å². The van der Waals surface area contributed by atoms with Gasteiger partial charge in [0.05, 0.1) is 15.7 Å². The van der Waals surface area contributed by atoms with Gasteiger partial charge in [-0.1, -0.05) is 41.8 Å². The Morgan fingerprint density at radius 2 is 1.77 bits per heavy atom. The number of allylic oxidation sites excluding steroid dienone is 2. The number of hydrogen-bond acceptors (Lipinski definition) is 8. The molecule has 0 amide bonds. The molecule has 0 radical (unpaired) electrons. The van der Waals surface area contributed by atoms with Crippen molar-refractivity contribution in [1.82, 2.24) is 0 Å². The number of esters is 1. The van der Waals surface area contributed by atoms with Crippen LogP contribution in [0.25, 0.3) is 0 Å². The number of carbonyl (C=O) groups is 3. The zero-order valence-corrected chi connectivity index (χ0v) is 24.9. The third kappa shape index (κ3) is 7.53. The molecule has 1 aliphatic heterocycles. The molecular formula is C31H33ClO6S2. The maximum absolute atomic E-state index is 13.3. The van der Waals surface area contributed by atoms with E-state index >= 15 is 0 Å². The fourth-order valence-electron chi connectivity index (χ4n) is 4.76. The monoisotopic (exact) mass is 600 g/mol. The van der Waals surface area contributed by atoms with Crippen LogP contribution in [0.5, 0.6) is 11.5 Å². The van der Waals surface area contributed by atoms with Crippen LogP contribution in [0.3, 0.4) is 0 Å². The van der Waals surface area contributed by atoms with Crippen LogP contribution < -0.4 is 0 Å². The molecular weight excluding hydrogens is 568 g/mol. The molecule has 0 spiro atoms. The van der Waals surface area contributed by atoms with Gasteiger partial charge in [0.2, 0.25) is 0 Å². The number of rotatable bonds is 10. The summed E-state index contributed by atoms with van der Waals surface area (Å²) in [5.41, 5.74) is 1.73. The van der Waals surface area contributed by atoms with E-state index in [2.05, 4.69) is 12.1 Å². The molecule has 0 bridgehead atoms. The Balaban J connectivity index is 1.34. The number of halogens is 1. The van der Waals surface area contributed by atoms with Gasteiger partial charge in [0.25, 0.3) is 0 Å². The van der Waals surface area contributed by atoms with E-state index in [4.69, 9.17) is 16.3 Å². The van der Waals surface area contributed by atoms with Crippen LogP contribution in [-0.4, -0.2) is 44.9 Å². The highest BCUT2D eigenvalue weighted by Gasteiger charge is 2.35. The van der Waals surface area contributed by atoms with Gasteiger partial charge in [-0.25, -0.2) is 0 Å². The van der Waals surface area contributed by atoms with Crippen molar-refractivity contribution < 1.29 is 29.3 Å². The normalized spacial score (nSPS) is 19.4. The molecule has 1 heterocycles. The van der Waals surface area contributed by atoms with Gasteiger partial charge in [0.1, 0.15) is 17.6 Å². The zero-order chi connectivity index (χ0) is 28.8. The second-order valence-corrected chi connectivity index (χ2v) is 13.5. The van der Waals surface area contributed by atoms with Crippen LogP contribution in [0.1, 0.15) is 83.2 Å². The Labute approximate surface area is 248 Å². The topological polar surface area (TPSA) is 101 Å². The first kappa shape index (κ1) is 30.3. The highest BCUT2D eigenvalue weighted by Crippen LogP contribution is 2.48. The lowest BCUT2D eigenvalue weighted by molar-refractivity contribution is -0.147. The Bertz CT molecular complexity index is 1330. The van der Waals surface area contributed by atoms with E-state index in [1.807, 2.05) is 55.6 Å². The summed E-state index contributed by atoms with van der Waals surface area (Å²) in [5.74, 6) is -1.38. The first-order valence-electron chi connectivity index (χ1n) is 13.3. The summed E-state index contributed by atoms with van der Waals surface area (Å²) in [6.45, 7) is 3.78. The minimum Gasteiger partial charge on any atom is -0.507 e. The lowest BCUT2D eigenvalue weighted by Crippen LogP contribution is -2.29. The van der Waals surface area contributed by atoms with E-state index in [0.717, 1.165) is 41.7 Å². The van der Waals surface area contributed by atoms with Gasteiger partial charge in [0.15, 0.2) is 11.6 Å². The number of fused-ring (bicyclic) bond motifs is 1. The van der Waals surface area contributed by atoms with Crippen molar-refractivity contribution in [2.24, 2.45) is 0 Å². The quantitative estimate of drug-likeness (QED) is 0.123. The SMILES string of the molecule is CC(C)=CC[C@@H](OC(=O)CCCC[C@@H]1CCSC(c2ccc(Cl)cc2)S1)C1=CC(=O)c2c(O)ccc(O)c2C1=O. The highest BCUT2D eigenvalue weighted by molar-refractivity contribution is 8.17. The fraction of sp³-hybridized carbons (Fsp3) is 0.387. The Morgan fingerprint density at radius 3 is 2.48 bits per heavy atom. The van der Waals surface area contributed by atoms with Crippen molar-refractivity contribution >= 4 is 52.7 Å². The summed E-state index contributed by atoms with van der Waals surface area (Å²) < 4.78 is 6.11. The molecule has 1 unspecified atom stereocenters. The molecule has 40 heavy (non-hydrogen) atoms. The standard InChI is InChI=1S/C31H33ClO6S2/c1-18(2)7-14-26(22-17-25(35)28-23(33)12-13-24(34)29(28)30(22)37)38-27(36)6-4-3-5-21-15-16-39-31(40-21)19-8-10-20(32)11-9-19/h7-13,17,21,26,31,33-34H,3-6,14-16H2,1-2H3/t21-,26-,31?/m1/s1. The molecule has 0 aromatic heterocycles. The van der Waals surface area contributed by atoms with E-state index in [9.17, 15) is 24.6 Å². The predicted octanol–water partition coefficient (Wildman–Crippen LogP) is 7.82. The second-order valence-electron chi connectivity index (χ2n) is 10.2. The number of Topliss-reactive ketones (excluding diaryl/α,β-unsaturated/α-hetero) is 1. The molecule has 0 saturated carbocycles. The van der Waals surface area contributed by atoms with E-state index in [0.29, 0.717) is 16.3 Å². The van der Waals surface area contributed by atoms with Gasteiger partial charge < -0.3 is 14.9 Å². The minimum absolute atomic E-state index is 0.00593. The maximum atomic E-state index is 13.3. The summed E-state index contributed by atoms with van der Waals surface area (Å²) in [4.78, 5) is 38.9. The van der Waals surface area contributed by atoms with Gasteiger partial charge in [-0.3, -0.25) is 14.4 Å². The molecule has 9 heteroatoms. The number of ether oxygens (including phenoxy) is 1. The van der Waals surface area contributed by atoms with E-state index in [1.54, 1.807) is 0 Å². The van der Waals surface area contributed by atoms with E-state index in [-0.39, 0.29) is 35.3 Å². The molecule has 2 N–H and O–H groups in total. The molecule has 2 aromatic rings. The zero-order valence-electron chi connectivity index (χ0n) is 22.5. The van der Waals surface area contributed by atoms with Crippen molar-refractivity contribution in [2.75, 3.05) is 5.75 Å². The summed E-state index contributed by atoms with van der Waals surface area (Å²) in [5, 5.41) is 21.6. The molecule has 3 atom stereocenters. The lowest BCUT2D eigenvalue weighted by atomic mass is 9.85. The third-order valence-electron chi connectivity index (χ3n) is 6.87. The predicted molar refractivity (Wildman–Crippen MR) is 162 cm³/mol. The number of aromatic hydroxyl groups is 2. The maximum Gasteiger partial charge on any atom is 0.306 e. The number of thioether (sulfide) groups is 2. The van der Waals surface area contributed by atoms with Gasteiger partial charge in [-0.2, -0.15) is 0 Å². The average Bonchev–Trinajstić information content (AvgIpc) is 2.93. The number of carbonyl (C=O) groups excluding carboxylic acids is 3. The van der Waals surface area contributed by atoms with Crippen LogP contribution in [0.4, 0.5) is 0 Å². The first-order valence-corrected chi connectivity index (χ1v) is 15.7. The molecule has 6 nitrogen and oxygen atoms in total. The minimum atomic E-state index is -0.972. The first-order chi connectivity index (χ1) is 19.1. The van der Waals surface area contributed by atoms with Crippen molar-refractivity contribution in [3.63, 3.8) is 0 Å². The number of phenols is 2. The van der Waals surface area contributed by atoms with Crippen LogP contribution in [0.15, 0.2) is 59.7 Å². The summed E-state index contributed by atoms with van der Waals surface area (Å²) in [6, 6.07) is 10.4. The van der Waals surface area contributed by atoms with Crippen molar-refractivity contribution in [2.45, 2.75) is 68.3 Å². The Hall–Kier alpha value is -2.68. The molecule has 1 saturated heterocycles. The van der Waals surface area contributed by atoms with Crippen molar-refractivity contribution in [3.05, 3.63) is 81.4 Å². The molecule has 1 aliphatic carbocycles. The van der Waals surface area contributed by atoms with Crippen LogP contribution in [-0.2, 0) is 9.53 Å². The molecule has 2 aliphatic rings. The molecule has 4 rings (SSSR count). The average molecular weight is 601 g/mol. The number of hydrogen-bond donors (Lipinski definition) is 2. The largest absolute Gasteiger partial charge is 0.507 e. The van der Waals surface area contributed by atoms with Crippen LogP contribution in [0.2, 0.25) is 5.02 Å². The fourth-order valence-corrected chi connectivity index (χ4v) is 8.31. The van der Waals surface area contributed by atoms with Crippen LogP contribution in [0, 0.1) is 0 Å². The third-order valence-corrected chi connectivity index (χ3v) is 10.3. The van der Waals surface area contributed by atoms with Crippen LogP contribution >= 0.6 is 35.1 Å². The Morgan fingerprint density at radius 1 is 1.07 bits per heavy atom. The number of unbranched alkanes of at least 4 members (excludes halogenated alkanes) is 1. The van der Waals surface area contributed by atoms with Gasteiger partial charge in [0, 0.05) is 28.7 Å². The summed E-state index contributed by atoms with van der Waals surface area (Å²) in [6.07, 6.45) is 6.06. The Kier molecular flexibility index (Phi) is 10.4.